The van der Waals surface area contributed by atoms with E-state index in [4.69, 9.17) is 5.73 Å². The highest BCUT2D eigenvalue weighted by Crippen LogP contribution is 2.19. The van der Waals surface area contributed by atoms with E-state index in [0.717, 1.165) is 0 Å². The molecule has 1 rings (SSSR count). The van der Waals surface area contributed by atoms with Gasteiger partial charge in [0, 0.05) is 11.2 Å². The molecule has 0 saturated carbocycles. The van der Waals surface area contributed by atoms with E-state index in [9.17, 15) is 13.2 Å². The molecule has 0 spiro atoms. The van der Waals surface area contributed by atoms with Crippen LogP contribution in [0.2, 0.25) is 0 Å². The van der Waals surface area contributed by atoms with E-state index in [1.54, 1.807) is 12.1 Å². The molecule has 0 fully saturated rings. The molecule has 0 radical (unpaired) electrons. The van der Waals surface area contributed by atoms with Crippen molar-refractivity contribution in [2.24, 2.45) is 0 Å². The van der Waals surface area contributed by atoms with Gasteiger partial charge in [-0.1, -0.05) is 13.0 Å². The molecular formula is C14H22N2O3S. The number of anilines is 1. The molecule has 0 aliphatic carbocycles. The van der Waals surface area contributed by atoms with Gasteiger partial charge in [-0.15, -0.1) is 0 Å². The Morgan fingerprint density at radius 1 is 1.40 bits per heavy atom. The number of carbonyl (C=O) groups excluding carboxylic acids is 1. The van der Waals surface area contributed by atoms with Crippen LogP contribution in [0.5, 0.6) is 0 Å². The van der Waals surface area contributed by atoms with E-state index < -0.39 is 26.5 Å². The van der Waals surface area contributed by atoms with E-state index >= 15 is 0 Å². The average Bonchev–Trinajstić information content (AvgIpc) is 2.37. The summed E-state index contributed by atoms with van der Waals surface area (Å²) >= 11 is 0. The van der Waals surface area contributed by atoms with Crippen molar-refractivity contribution in [1.29, 1.82) is 0 Å². The Labute approximate surface area is 120 Å². The maximum absolute atomic E-state index is 12.4. The number of carbonyl (C=O) groups is 1. The van der Waals surface area contributed by atoms with Crippen LogP contribution in [0.3, 0.4) is 0 Å². The van der Waals surface area contributed by atoms with Crippen molar-refractivity contribution < 1.29 is 13.2 Å². The molecule has 0 heterocycles. The van der Waals surface area contributed by atoms with Crippen molar-refractivity contribution >= 4 is 21.4 Å². The van der Waals surface area contributed by atoms with Gasteiger partial charge in [-0.3, -0.25) is 4.79 Å². The highest BCUT2D eigenvalue weighted by molar-refractivity contribution is 7.92. The normalized spacial score (nSPS) is 13.8. The predicted molar refractivity (Wildman–Crippen MR) is 80.0 cm³/mol. The van der Waals surface area contributed by atoms with Crippen LogP contribution in [0.15, 0.2) is 29.2 Å². The molecule has 0 aromatic heterocycles. The summed E-state index contributed by atoms with van der Waals surface area (Å²) in [6.07, 6.45) is 0.712. The Morgan fingerprint density at radius 2 is 2.00 bits per heavy atom. The SMILES string of the molecule is CCC(C)(C)NC(=O)C(C)S(=O)(=O)c1cccc(N)c1. The summed E-state index contributed by atoms with van der Waals surface area (Å²) in [7, 11) is -3.73. The Balaban J connectivity index is 3.01. The second-order valence-electron chi connectivity index (χ2n) is 5.49. The van der Waals surface area contributed by atoms with Gasteiger partial charge in [-0.05, 0) is 45.4 Å². The minimum atomic E-state index is -3.73. The van der Waals surface area contributed by atoms with Gasteiger partial charge in [0.15, 0.2) is 9.84 Å². The zero-order valence-corrected chi connectivity index (χ0v) is 13.1. The summed E-state index contributed by atoms with van der Waals surface area (Å²) in [6, 6.07) is 5.97. The first-order valence-corrected chi connectivity index (χ1v) is 8.06. The van der Waals surface area contributed by atoms with Gasteiger partial charge in [0.25, 0.3) is 0 Å². The molecule has 1 amide bonds. The highest BCUT2D eigenvalue weighted by Gasteiger charge is 2.32. The van der Waals surface area contributed by atoms with Crippen LogP contribution in [-0.4, -0.2) is 25.1 Å². The number of nitrogens with two attached hydrogens (primary N) is 1. The number of sulfone groups is 1. The molecule has 1 unspecified atom stereocenters. The first-order valence-electron chi connectivity index (χ1n) is 6.51. The molecule has 112 valence electrons. The van der Waals surface area contributed by atoms with E-state index in [0.29, 0.717) is 12.1 Å². The lowest BCUT2D eigenvalue weighted by Gasteiger charge is -2.26. The van der Waals surface area contributed by atoms with Crippen LogP contribution in [0.1, 0.15) is 34.1 Å². The fraction of sp³-hybridized carbons (Fsp3) is 0.500. The molecule has 20 heavy (non-hydrogen) atoms. The van der Waals surface area contributed by atoms with Crippen molar-refractivity contribution in [2.45, 2.75) is 49.8 Å². The van der Waals surface area contributed by atoms with E-state index in [1.807, 2.05) is 20.8 Å². The number of benzene rings is 1. The molecule has 0 aliphatic rings. The number of nitrogen functional groups attached to an aromatic ring is 1. The third-order valence-corrected chi connectivity index (χ3v) is 5.42. The minimum absolute atomic E-state index is 0.0643. The maximum Gasteiger partial charge on any atom is 0.238 e. The summed E-state index contributed by atoms with van der Waals surface area (Å²) in [5.41, 5.74) is 5.51. The van der Waals surface area contributed by atoms with Crippen molar-refractivity contribution in [3.05, 3.63) is 24.3 Å². The molecule has 0 aliphatic heterocycles. The van der Waals surface area contributed by atoms with Gasteiger partial charge in [0.1, 0.15) is 5.25 Å². The minimum Gasteiger partial charge on any atom is -0.399 e. The maximum atomic E-state index is 12.4. The third-order valence-electron chi connectivity index (χ3n) is 3.37. The smallest absolute Gasteiger partial charge is 0.238 e. The van der Waals surface area contributed by atoms with Gasteiger partial charge in [-0.2, -0.15) is 0 Å². The highest BCUT2D eigenvalue weighted by atomic mass is 32.2. The number of hydrogen-bond acceptors (Lipinski definition) is 4. The Hall–Kier alpha value is -1.56. The van der Waals surface area contributed by atoms with Gasteiger partial charge in [0.2, 0.25) is 5.91 Å². The van der Waals surface area contributed by atoms with Crippen LogP contribution >= 0.6 is 0 Å². The first kappa shape index (κ1) is 16.5. The monoisotopic (exact) mass is 298 g/mol. The Bertz CT molecular complexity index is 594. The number of hydrogen-bond donors (Lipinski definition) is 2. The Kier molecular flexibility index (Phi) is 4.81. The van der Waals surface area contributed by atoms with Crippen molar-refractivity contribution in [3.63, 3.8) is 0 Å². The van der Waals surface area contributed by atoms with Crippen LogP contribution < -0.4 is 11.1 Å². The lowest BCUT2D eigenvalue weighted by molar-refractivity contribution is -0.122. The molecule has 3 N–H and O–H groups in total. The van der Waals surface area contributed by atoms with Crippen LogP contribution in [0, 0.1) is 0 Å². The van der Waals surface area contributed by atoms with Gasteiger partial charge in [0.05, 0.1) is 4.90 Å². The van der Waals surface area contributed by atoms with Crippen LogP contribution in [0.25, 0.3) is 0 Å². The van der Waals surface area contributed by atoms with Gasteiger partial charge >= 0.3 is 0 Å². The van der Waals surface area contributed by atoms with E-state index in [2.05, 4.69) is 5.32 Å². The largest absolute Gasteiger partial charge is 0.399 e. The van der Waals surface area contributed by atoms with E-state index in [1.165, 1.54) is 19.1 Å². The lowest BCUT2D eigenvalue weighted by Crippen LogP contribution is -2.48. The molecular weight excluding hydrogens is 276 g/mol. The summed E-state index contributed by atoms with van der Waals surface area (Å²) in [5.74, 6) is -0.501. The molecule has 0 saturated heterocycles. The zero-order valence-electron chi connectivity index (χ0n) is 12.3. The summed E-state index contributed by atoms with van der Waals surface area (Å²) < 4.78 is 24.8. The van der Waals surface area contributed by atoms with Crippen molar-refractivity contribution in [3.8, 4) is 0 Å². The van der Waals surface area contributed by atoms with Crippen LogP contribution in [0.4, 0.5) is 5.69 Å². The average molecular weight is 298 g/mol. The first-order chi connectivity index (χ1) is 9.10. The fourth-order valence-electron chi connectivity index (χ4n) is 1.56. The third kappa shape index (κ3) is 3.72. The molecule has 1 aromatic rings. The molecule has 6 heteroatoms. The second-order valence-corrected chi connectivity index (χ2v) is 7.75. The summed E-state index contributed by atoms with van der Waals surface area (Å²) in [4.78, 5) is 12.2. The Morgan fingerprint density at radius 3 is 2.50 bits per heavy atom. The molecule has 1 atom stereocenters. The fourth-order valence-corrected chi connectivity index (χ4v) is 2.88. The molecule has 0 bridgehead atoms. The molecule has 1 aromatic carbocycles. The van der Waals surface area contributed by atoms with Gasteiger partial charge < -0.3 is 11.1 Å². The lowest BCUT2D eigenvalue weighted by atomic mass is 10.0. The summed E-state index contributed by atoms with van der Waals surface area (Å²) in [5, 5.41) is 1.59. The van der Waals surface area contributed by atoms with Crippen LogP contribution in [-0.2, 0) is 14.6 Å². The standard InChI is InChI=1S/C14H22N2O3S/c1-5-14(3,4)16-13(17)10(2)20(18,19)12-8-6-7-11(15)9-12/h6-10H,5,15H2,1-4H3,(H,16,17). The predicted octanol–water partition coefficient (Wildman–Crippen LogP) is 1.74. The number of amides is 1. The van der Waals surface area contributed by atoms with E-state index in [-0.39, 0.29) is 4.90 Å². The second kappa shape index (κ2) is 5.83. The van der Waals surface area contributed by atoms with Gasteiger partial charge in [-0.25, -0.2) is 8.42 Å². The topological polar surface area (TPSA) is 89.3 Å². The molecule has 5 nitrogen and oxygen atoms in total. The number of rotatable bonds is 5. The van der Waals surface area contributed by atoms with Crippen molar-refractivity contribution in [1.82, 2.24) is 5.32 Å². The van der Waals surface area contributed by atoms with Crippen molar-refractivity contribution in [2.75, 3.05) is 5.73 Å². The summed E-state index contributed by atoms with van der Waals surface area (Å²) in [6.45, 7) is 7.02. The quantitative estimate of drug-likeness (QED) is 0.810. The zero-order chi connectivity index (χ0) is 15.6. The number of nitrogens with one attached hydrogen (secondary N) is 1.